The van der Waals surface area contributed by atoms with Gasteiger partial charge in [-0.15, -0.1) is 0 Å². The second-order valence-electron chi connectivity index (χ2n) is 6.59. The van der Waals surface area contributed by atoms with Gasteiger partial charge in [-0.3, -0.25) is 4.57 Å². The molecule has 8 nitrogen and oxygen atoms in total. The van der Waals surface area contributed by atoms with E-state index in [9.17, 15) is 18.5 Å². The zero-order chi connectivity index (χ0) is 18.9. The summed E-state index contributed by atoms with van der Waals surface area (Å²) in [5.41, 5.74) is 0.958. The molecule has 9 heteroatoms. The minimum atomic E-state index is -3.27. The maximum Gasteiger partial charge on any atom is 0.345 e. The van der Waals surface area contributed by atoms with Crippen LogP contribution in [0.4, 0.5) is 0 Å². The quantitative estimate of drug-likeness (QED) is 0.781. The van der Waals surface area contributed by atoms with Gasteiger partial charge in [0.1, 0.15) is 5.82 Å². The van der Waals surface area contributed by atoms with Crippen molar-refractivity contribution in [3.63, 3.8) is 0 Å². The van der Waals surface area contributed by atoms with Gasteiger partial charge in [0, 0.05) is 26.1 Å². The van der Waals surface area contributed by atoms with Crippen molar-refractivity contribution in [3.8, 4) is 6.07 Å². The fourth-order valence-electron chi connectivity index (χ4n) is 3.35. The Morgan fingerprint density at radius 2 is 2.08 bits per heavy atom. The van der Waals surface area contributed by atoms with Crippen molar-refractivity contribution in [2.75, 3.05) is 19.3 Å². The van der Waals surface area contributed by atoms with Crippen LogP contribution in [0.5, 0.6) is 0 Å². The van der Waals surface area contributed by atoms with Crippen LogP contribution in [0, 0.1) is 11.3 Å². The molecule has 1 aromatic carbocycles. The Balaban J connectivity index is 1.91. The van der Waals surface area contributed by atoms with E-state index in [1.165, 1.54) is 19.8 Å². The van der Waals surface area contributed by atoms with Gasteiger partial charge in [0.15, 0.2) is 0 Å². The average molecular weight is 375 g/mol. The third-order valence-electron chi connectivity index (χ3n) is 4.75. The van der Waals surface area contributed by atoms with Crippen LogP contribution < -0.4 is 5.69 Å². The van der Waals surface area contributed by atoms with Gasteiger partial charge in [0.05, 0.1) is 24.4 Å². The number of piperidine rings is 1. The molecule has 1 unspecified atom stereocenters. The number of sulfonamides is 1. The van der Waals surface area contributed by atoms with Gasteiger partial charge in [-0.05, 0) is 24.5 Å². The molecule has 0 bridgehead atoms. The number of hydrogen-bond donors (Lipinski definition) is 0. The second-order valence-corrected chi connectivity index (χ2v) is 8.57. The first-order valence-corrected chi connectivity index (χ1v) is 10.2. The van der Waals surface area contributed by atoms with E-state index < -0.39 is 10.0 Å². The molecule has 1 atom stereocenters. The van der Waals surface area contributed by atoms with Crippen molar-refractivity contribution in [3.05, 3.63) is 51.7 Å². The molecule has 26 heavy (non-hydrogen) atoms. The van der Waals surface area contributed by atoms with Crippen molar-refractivity contribution in [2.24, 2.45) is 7.05 Å². The molecule has 1 aromatic heterocycles. The summed E-state index contributed by atoms with van der Waals surface area (Å²) >= 11 is 0. The highest BCUT2D eigenvalue weighted by atomic mass is 32.2. The monoisotopic (exact) mass is 375 g/mol. The lowest BCUT2D eigenvalue weighted by molar-refractivity contribution is 0.307. The molecule has 1 fully saturated rings. The lowest BCUT2D eigenvalue weighted by Gasteiger charge is -2.30. The number of nitrogens with zero attached hydrogens (tertiary/aromatic N) is 5. The van der Waals surface area contributed by atoms with Crippen LogP contribution in [0.1, 0.15) is 35.7 Å². The zero-order valence-electron chi connectivity index (χ0n) is 14.8. The molecular formula is C17H21N5O3S. The molecular weight excluding hydrogens is 354 g/mol. The van der Waals surface area contributed by atoms with E-state index in [0.717, 1.165) is 18.4 Å². The Hall–Kier alpha value is -2.44. The maximum atomic E-state index is 12.6. The molecule has 138 valence electrons. The Kier molecular flexibility index (Phi) is 4.98. The normalized spacial score (nSPS) is 18.6. The van der Waals surface area contributed by atoms with E-state index >= 15 is 0 Å². The number of nitriles is 1. The number of aromatic nitrogens is 3. The Bertz CT molecular complexity index is 1020. The summed E-state index contributed by atoms with van der Waals surface area (Å²) in [6.45, 7) is 1.04. The topological polar surface area (TPSA) is 101 Å². The second kappa shape index (κ2) is 7.05. The molecule has 0 saturated carbocycles. The highest BCUT2D eigenvalue weighted by molar-refractivity contribution is 7.88. The van der Waals surface area contributed by atoms with E-state index in [4.69, 9.17) is 0 Å². The predicted octanol–water partition coefficient (Wildman–Crippen LogP) is 0.641. The van der Waals surface area contributed by atoms with Crippen LogP contribution in [-0.4, -0.2) is 46.4 Å². The highest BCUT2D eigenvalue weighted by Gasteiger charge is 2.30. The van der Waals surface area contributed by atoms with Gasteiger partial charge in [0.25, 0.3) is 0 Å². The van der Waals surface area contributed by atoms with Crippen LogP contribution in [0.2, 0.25) is 0 Å². The molecule has 1 aliphatic heterocycles. The van der Waals surface area contributed by atoms with Crippen molar-refractivity contribution in [2.45, 2.75) is 25.3 Å². The summed E-state index contributed by atoms with van der Waals surface area (Å²) in [5, 5.41) is 13.7. The molecule has 0 N–H and O–H groups in total. The van der Waals surface area contributed by atoms with Crippen LogP contribution >= 0.6 is 0 Å². The summed E-state index contributed by atoms with van der Waals surface area (Å²) in [6.07, 6.45) is 2.72. The van der Waals surface area contributed by atoms with Gasteiger partial charge in [-0.1, -0.05) is 18.2 Å². The highest BCUT2D eigenvalue weighted by Crippen LogP contribution is 2.26. The predicted molar refractivity (Wildman–Crippen MR) is 96.1 cm³/mol. The number of rotatable bonds is 4. The van der Waals surface area contributed by atoms with Crippen molar-refractivity contribution < 1.29 is 8.42 Å². The molecule has 0 spiro atoms. The summed E-state index contributed by atoms with van der Waals surface area (Å²) in [7, 11) is -1.62. The summed E-state index contributed by atoms with van der Waals surface area (Å²) < 4.78 is 27.9. The minimum absolute atomic E-state index is 0.122. The van der Waals surface area contributed by atoms with Crippen LogP contribution in [0.3, 0.4) is 0 Å². The van der Waals surface area contributed by atoms with Crippen molar-refractivity contribution in [1.82, 2.24) is 18.7 Å². The van der Waals surface area contributed by atoms with Crippen molar-refractivity contribution in [1.29, 1.82) is 5.26 Å². The fourth-order valence-corrected chi connectivity index (χ4v) is 4.26. The first-order chi connectivity index (χ1) is 12.3. The molecule has 0 amide bonds. The van der Waals surface area contributed by atoms with Gasteiger partial charge in [0.2, 0.25) is 10.0 Å². The van der Waals surface area contributed by atoms with E-state index in [1.807, 2.05) is 6.07 Å². The third-order valence-corrected chi connectivity index (χ3v) is 6.02. The molecule has 2 heterocycles. The van der Waals surface area contributed by atoms with Gasteiger partial charge in [-0.25, -0.2) is 22.2 Å². The fraction of sp³-hybridized carbons (Fsp3) is 0.471. The zero-order valence-corrected chi connectivity index (χ0v) is 15.6. The summed E-state index contributed by atoms with van der Waals surface area (Å²) in [4.78, 5) is 12.6. The minimum Gasteiger partial charge on any atom is -0.282 e. The maximum absolute atomic E-state index is 12.6. The molecule has 1 saturated heterocycles. The lowest BCUT2D eigenvalue weighted by Crippen LogP contribution is -2.39. The molecule has 0 aliphatic carbocycles. The smallest absolute Gasteiger partial charge is 0.282 e. The lowest BCUT2D eigenvalue weighted by atomic mass is 9.99. The van der Waals surface area contributed by atoms with Crippen LogP contribution in [0.15, 0.2) is 29.1 Å². The Morgan fingerprint density at radius 1 is 1.35 bits per heavy atom. The van der Waals surface area contributed by atoms with E-state index in [1.54, 1.807) is 25.2 Å². The first kappa shape index (κ1) is 18.4. The molecule has 3 rings (SSSR count). The van der Waals surface area contributed by atoms with Crippen LogP contribution in [-0.2, 0) is 23.6 Å². The standard InChI is InChI=1S/C17H21N5O3S/c1-20-16(15-8-5-9-21(11-15)26(2,24)25)19-22(17(20)23)12-14-7-4-3-6-13(14)10-18/h3-4,6-7,15H,5,8-9,11-12H2,1-2H3. The van der Waals surface area contributed by atoms with Crippen LogP contribution in [0.25, 0.3) is 0 Å². The summed E-state index contributed by atoms with van der Waals surface area (Å²) in [5.74, 6) is 0.460. The van der Waals surface area contributed by atoms with Gasteiger partial charge in [-0.2, -0.15) is 10.4 Å². The number of hydrogen-bond acceptors (Lipinski definition) is 5. The molecule has 1 aliphatic rings. The largest absolute Gasteiger partial charge is 0.345 e. The SMILES string of the molecule is Cn1c(C2CCCN(S(C)(=O)=O)C2)nn(Cc2ccccc2C#N)c1=O. The van der Waals surface area contributed by atoms with Gasteiger partial charge < -0.3 is 0 Å². The van der Waals surface area contributed by atoms with E-state index in [2.05, 4.69) is 11.2 Å². The Morgan fingerprint density at radius 3 is 2.77 bits per heavy atom. The van der Waals surface area contributed by atoms with E-state index in [-0.39, 0.29) is 18.2 Å². The summed E-state index contributed by atoms with van der Waals surface area (Å²) in [6, 6.07) is 9.21. The average Bonchev–Trinajstić information content (AvgIpc) is 2.90. The molecule has 0 radical (unpaired) electrons. The van der Waals surface area contributed by atoms with E-state index in [0.29, 0.717) is 24.5 Å². The number of benzene rings is 1. The Labute approximate surface area is 152 Å². The third kappa shape index (κ3) is 3.57. The first-order valence-electron chi connectivity index (χ1n) is 8.38. The van der Waals surface area contributed by atoms with Crippen molar-refractivity contribution >= 4 is 10.0 Å². The van der Waals surface area contributed by atoms with Gasteiger partial charge >= 0.3 is 5.69 Å². The molecule has 2 aromatic rings.